The van der Waals surface area contributed by atoms with Gasteiger partial charge in [0.25, 0.3) is 0 Å². The highest BCUT2D eigenvalue weighted by atomic mass is 16.2. The molecule has 4 nitrogen and oxygen atoms in total. The highest BCUT2D eigenvalue weighted by Crippen LogP contribution is 2.28. The lowest BCUT2D eigenvalue weighted by atomic mass is 9.92. The first-order valence-electron chi connectivity index (χ1n) is 8.35. The van der Waals surface area contributed by atoms with Crippen LogP contribution in [-0.4, -0.2) is 24.9 Å². The molecule has 0 aromatic heterocycles. The van der Waals surface area contributed by atoms with E-state index in [1.54, 1.807) is 0 Å². The van der Waals surface area contributed by atoms with Crippen molar-refractivity contribution in [3.63, 3.8) is 0 Å². The summed E-state index contributed by atoms with van der Waals surface area (Å²) in [5, 5.41) is 5.67. The molecule has 0 atom stereocenters. The van der Waals surface area contributed by atoms with Gasteiger partial charge in [0, 0.05) is 13.1 Å². The molecule has 0 radical (unpaired) electrons. The van der Waals surface area contributed by atoms with Crippen LogP contribution in [0.15, 0.2) is 48.5 Å². The molecule has 0 aliphatic carbocycles. The van der Waals surface area contributed by atoms with Crippen LogP contribution in [0.25, 0.3) is 11.1 Å². The van der Waals surface area contributed by atoms with Crippen LogP contribution in [0.3, 0.4) is 0 Å². The second-order valence-corrected chi connectivity index (χ2v) is 5.57. The van der Waals surface area contributed by atoms with Gasteiger partial charge >= 0.3 is 0 Å². The van der Waals surface area contributed by atoms with Gasteiger partial charge in [0.05, 0.1) is 12.8 Å². The van der Waals surface area contributed by atoms with Crippen molar-refractivity contribution >= 4 is 11.8 Å². The van der Waals surface area contributed by atoms with Crippen molar-refractivity contribution in [2.75, 3.05) is 13.1 Å². The lowest BCUT2D eigenvalue weighted by Crippen LogP contribution is -2.25. The molecule has 126 valence electrons. The van der Waals surface area contributed by atoms with Crippen molar-refractivity contribution < 1.29 is 9.59 Å². The third-order valence-electron chi connectivity index (χ3n) is 3.77. The van der Waals surface area contributed by atoms with Gasteiger partial charge in [0.15, 0.2) is 0 Å². The zero-order chi connectivity index (χ0) is 17.4. The first-order valence-corrected chi connectivity index (χ1v) is 8.35. The maximum atomic E-state index is 12.0. The number of nitrogens with one attached hydrogen (secondary N) is 2. The minimum atomic E-state index is 0.00570. The molecule has 4 heteroatoms. The Labute approximate surface area is 143 Å². The van der Waals surface area contributed by atoms with E-state index in [9.17, 15) is 9.59 Å². The zero-order valence-electron chi connectivity index (χ0n) is 14.3. The molecule has 2 rings (SSSR count). The Morgan fingerprint density at radius 3 is 1.46 bits per heavy atom. The number of carbonyl (C=O) groups is 2. The van der Waals surface area contributed by atoms with Crippen molar-refractivity contribution in [3.05, 3.63) is 59.7 Å². The van der Waals surface area contributed by atoms with E-state index in [-0.39, 0.29) is 11.8 Å². The summed E-state index contributed by atoms with van der Waals surface area (Å²) in [7, 11) is 0. The van der Waals surface area contributed by atoms with Crippen LogP contribution in [0.5, 0.6) is 0 Å². The average molecular weight is 324 g/mol. The fraction of sp³-hybridized carbons (Fsp3) is 0.300. The van der Waals surface area contributed by atoms with Gasteiger partial charge in [-0.1, -0.05) is 48.5 Å². The number of hydrogen-bond donors (Lipinski definition) is 2. The lowest BCUT2D eigenvalue weighted by Gasteiger charge is -2.14. The molecule has 2 N–H and O–H groups in total. The van der Waals surface area contributed by atoms with Crippen LogP contribution >= 0.6 is 0 Å². The summed E-state index contributed by atoms with van der Waals surface area (Å²) < 4.78 is 0. The largest absolute Gasteiger partial charge is 0.356 e. The van der Waals surface area contributed by atoms with Gasteiger partial charge in [-0.2, -0.15) is 0 Å². The zero-order valence-corrected chi connectivity index (χ0v) is 14.3. The number of hydrogen-bond acceptors (Lipinski definition) is 2. The molecule has 0 fully saturated rings. The van der Waals surface area contributed by atoms with Crippen LogP contribution in [0.1, 0.15) is 25.0 Å². The maximum absolute atomic E-state index is 12.0. The van der Waals surface area contributed by atoms with Gasteiger partial charge in [-0.3, -0.25) is 9.59 Å². The Bertz CT molecular complexity index is 649. The minimum absolute atomic E-state index is 0.00570. The lowest BCUT2D eigenvalue weighted by molar-refractivity contribution is -0.121. The third kappa shape index (κ3) is 4.69. The second-order valence-electron chi connectivity index (χ2n) is 5.57. The number of rotatable bonds is 7. The van der Waals surface area contributed by atoms with Gasteiger partial charge in [-0.25, -0.2) is 0 Å². The molecular weight excluding hydrogens is 300 g/mol. The van der Waals surface area contributed by atoms with Crippen molar-refractivity contribution in [1.82, 2.24) is 10.6 Å². The molecule has 2 amide bonds. The van der Waals surface area contributed by atoms with Gasteiger partial charge in [0.1, 0.15) is 0 Å². The van der Waals surface area contributed by atoms with Crippen molar-refractivity contribution in [3.8, 4) is 11.1 Å². The van der Waals surface area contributed by atoms with E-state index < -0.39 is 0 Å². The highest BCUT2D eigenvalue weighted by Gasteiger charge is 2.13. The summed E-state index contributed by atoms with van der Waals surface area (Å²) in [6, 6.07) is 15.7. The van der Waals surface area contributed by atoms with E-state index in [0.717, 1.165) is 22.3 Å². The number of likely N-dealkylation sites (N-methyl/N-ethyl adjacent to an activating group) is 2. The second kappa shape index (κ2) is 8.87. The molecule has 0 spiro atoms. The van der Waals surface area contributed by atoms with Gasteiger partial charge in [-0.05, 0) is 36.1 Å². The maximum Gasteiger partial charge on any atom is 0.224 e. The summed E-state index contributed by atoms with van der Waals surface area (Å²) in [5.74, 6) is 0.0114. The molecule has 2 aromatic rings. The normalized spacial score (nSPS) is 10.2. The van der Waals surface area contributed by atoms with Crippen LogP contribution in [0.2, 0.25) is 0 Å². The fourth-order valence-electron chi connectivity index (χ4n) is 2.74. The monoisotopic (exact) mass is 324 g/mol. The first-order chi connectivity index (χ1) is 11.7. The van der Waals surface area contributed by atoms with E-state index in [0.29, 0.717) is 25.9 Å². The van der Waals surface area contributed by atoms with Crippen LogP contribution < -0.4 is 10.6 Å². The average Bonchev–Trinajstić information content (AvgIpc) is 2.56. The predicted octanol–water partition coefficient (Wildman–Crippen LogP) is 2.71. The fourth-order valence-corrected chi connectivity index (χ4v) is 2.74. The number of benzene rings is 2. The Kier molecular flexibility index (Phi) is 6.55. The molecule has 2 aromatic carbocycles. The predicted molar refractivity (Wildman–Crippen MR) is 96.7 cm³/mol. The summed E-state index contributed by atoms with van der Waals surface area (Å²) in [6.07, 6.45) is 0.666. The summed E-state index contributed by atoms with van der Waals surface area (Å²) in [4.78, 5) is 23.9. The molecule has 0 heterocycles. The molecule has 0 saturated carbocycles. The van der Waals surface area contributed by atoms with Crippen molar-refractivity contribution in [1.29, 1.82) is 0 Å². The Morgan fingerprint density at radius 1 is 0.708 bits per heavy atom. The van der Waals surface area contributed by atoms with Crippen LogP contribution in [0, 0.1) is 0 Å². The van der Waals surface area contributed by atoms with E-state index in [4.69, 9.17) is 0 Å². The van der Waals surface area contributed by atoms with Crippen molar-refractivity contribution in [2.45, 2.75) is 26.7 Å². The Balaban J connectivity index is 2.35. The van der Waals surface area contributed by atoms with E-state index in [2.05, 4.69) is 10.6 Å². The summed E-state index contributed by atoms with van der Waals surface area (Å²) >= 11 is 0. The quantitative estimate of drug-likeness (QED) is 0.823. The highest BCUT2D eigenvalue weighted by molar-refractivity contribution is 5.85. The topological polar surface area (TPSA) is 58.2 Å². The van der Waals surface area contributed by atoms with E-state index in [1.165, 1.54) is 0 Å². The molecule has 0 saturated heterocycles. The molecule has 0 aliphatic heterocycles. The SMILES string of the molecule is CCNC(=O)Cc1ccccc1-c1ccccc1CC(=O)NCC. The first kappa shape index (κ1) is 17.7. The smallest absolute Gasteiger partial charge is 0.224 e. The van der Waals surface area contributed by atoms with Gasteiger partial charge in [0.2, 0.25) is 11.8 Å². The minimum Gasteiger partial charge on any atom is -0.356 e. The Morgan fingerprint density at radius 2 is 1.08 bits per heavy atom. The Hall–Kier alpha value is -2.62. The number of carbonyl (C=O) groups excluding carboxylic acids is 2. The molecular formula is C20H24N2O2. The van der Waals surface area contributed by atoms with Crippen LogP contribution in [-0.2, 0) is 22.4 Å². The van der Waals surface area contributed by atoms with Gasteiger partial charge in [-0.15, -0.1) is 0 Å². The standard InChI is InChI=1S/C20H24N2O2/c1-3-21-19(23)13-15-9-5-7-11-17(15)18-12-8-6-10-16(18)14-20(24)22-4-2/h5-12H,3-4,13-14H2,1-2H3,(H,21,23)(H,22,24). The van der Waals surface area contributed by atoms with Crippen LogP contribution in [0.4, 0.5) is 0 Å². The molecule has 24 heavy (non-hydrogen) atoms. The molecule has 0 unspecified atom stereocenters. The summed E-state index contributed by atoms with van der Waals surface area (Å²) in [5.41, 5.74) is 3.94. The molecule has 0 bridgehead atoms. The summed E-state index contributed by atoms with van der Waals surface area (Å²) in [6.45, 7) is 5.06. The number of amides is 2. The molecule has 0 aliphatic rings. The third-order valence-corrected chi connectivity index (χ3v) is 3.77. The van der Waals surface area contributed by atoms with Gasteiger partial charge < -0.3 is 10.6 Å². The van der Waals surface area contributed by atoms with Crippen molar-refractivity contribution in [2.24, 2.45) is 0 Å². The van der Waals surface area contributed by atoms with E-state index in [1.807, 2.05) is 62.4 Å². The van der Waals surface area contributed by atoms with E-state index >= 15 is 0 Å².